The predicted octanol–water partition coefficient (Wildman–Crippen LogP) is 4.43. The van der Waals surface area contributed by atoms with Gasteiger partial charge in [-0.15, -0.1) is 0 Å². The molecule has 0 saturated carbocycles. The Morgan fingerprint density at radius 3 is 2.61 bits per heavy atom. The molecule has 0 bridgehead atoms. The fourth-order valence-corrected chi connectivity index (χ4v) is 2.62. The van der Waals surface area contributed by atoms with Gasteiger partial charge in [0, 0.05) is 19.0 Å². The summed E-state index contributed by atoms with van der Waals surface area (Å²) in [6, 6.07) is 13.4. The number of nitrogens with one attached hydrogen (secondary N) is 2. The number of rotatable bonds is 5. The van der Waals surface area contributed by atoms with Gasteiger partial charge in [0.15, 0.2) is 6.04 Å². The van der Waals surface area contributed by atoms with Gasteiger partial charge in [-0.05, 0) is 28.4 Å². The van der Waals surface area contributed by atoms with E-state index in [1.807, 2.05) is 37.3 Å². The second-order valence-electron chi connectivity index (χ2n) is 6.24. The second-order valence-corrected chi connectivity index (χ2v) is 6.24. The van der Waals surface area contributed by atoms with Crippen molar-refractivity contribution in [2.24, 2.45) is 0 Å². The zero-order chi connectivity index (χ0) is 20.1. The average Bonchev–Trinajstić information content (AvgIpc) is 3.10. The SMILES string of the molecule is C[C@@H](Cc1ccccc1)[n+]1cc(NC(=O)Nc2cccc(C(F)(F)F)c2)on1. The molecule has 6 nitrogen and oxygen atoms in total. The highest BCUT2D eigenvalue weighted by molar-refractivity contribution is 5.98. The fourth-order valence-electron chi connectivity index (χ4n) is 2.62. The topological polar surface area (TPSA) is 71.0 Å². The summed E-state index contributed by atoms with van der Waals surface area (Å²) in [5, 5.41) is 8.61. The molecule has 9 heteroatoms. The lowest BCUT2D eigenvalue weighted by molar-refractivity contribution is -0.782. The van der Waals surface area contributed by atoms with Crippen molar-refractivity contribution in [1.29, 1.82) is 0 Å². The van der Waals surface area contributed by atoms with Crippen molar-refractivity contribution < 1.29 is 27.2 Å². The van der Waals surface area contributed by atoms with E-state index in [0.29, 0.717) is 6.42 Å². The van der Waals surface area contributed by atoms with Gasteiger partial charge in [-0.3, -0.25) is 9.84 Å². The monoisotopic (exact) mass is 391 g/mol. The molecule has 1 atom stereocenters. The molecule has 2 amide bonds. The minimum absolute atomic E-state index is 0.0113. The predicted molar refractivity (Wildman–Crippen MR) is 95.6 cm³/mol. The molecule has 28 heavy (non-hydrogen) atoms. The number of anilines is 2. The van der Waals surface area contributed by atoms with Crippen LogP contribution < -0.4 is 15.3 Å². The number of amides is 2. The minimum atomic E-state index is -4.49. The largest absolute Gasteiger partial charge is 0.416 e. The van der Waals surface area contributed by atoms with Crippen LogP contribution in [-0.2, 0) is 12.6 Å². The van der Waals surface area contributed by atoms with Gasteiger partial charge in [-0.25, -0.2) is 4.79 Å². The van der Waals surface area contributed by atoms with E-state index in [1.165, 1.54) is 18.3 Å². The van der Waals surface area contributed by atoms with Crippen LogP contribution in [-0.4, -0.2) is 11.3 Å². The van der Waals surface area contributed by atoms with Gasteiger partial charge in [-0.1, -0.05) is 36.4 Å². The van der Waals surface area contributed by atoms with Gasteiger partial charge in [0.1, 0.15) is 0 Å². The van der Waals surface area contributed by atoms with Gasteiger partial charge in [0.25, 0.3) is 6.20 Å². The quantitative estimate of drug-likeness (QED) is 0.632. The Hall–Kier alpha value is -3.36. The first kappa shape index (κ1) is 19.4. The van der Waals surface area contributed by atoms with Crippen LogP contribution in [0.15, 0.2) is 65.3 Å². The summed E-state index contributed by atoms with van der Waals surface area (Å²) in [6.45, 7) is 1.95. The number of alkyl halides is 3. The third-order valence-corrected chi connectivity index (χ3v) is 3.99. The summed E-state index contributed by atoms with van der Waals surface area (Å²) in [5.41, 5.74) is 0.289. The van der Waals surface area contributed by atoms with Gasteiger partial charge in [0.05, 0.1) is 5.56 Å². The van der Waals surface area contributed by atoms with Gasteiger partial charge < -0.3 is 5.32 Å². The van der Waals surface area contributed by atoms with Crippen LogP contribution in [0.4, 0.5) is 29.5 Å². The number of hydrogen-bond donors (Lipinski definition) is 2. The molecule has 0 radical (unpaired) electrons. The molecule has 0 fully saturated rings. The molecule has 0 aliphatic rings. The number of carbonyl (C=O) groups is 1. The van der Waals surface area contributed by atoms with E-state index in [4.69, 9.17) is 4.52 Å². The summed E-state index contributed by atoms with van der Waals surface area (Å²) in [6.07, 6.45) is -2.26. The highest BCUT2D eigenvalue weighted by Gasteiger charge is 2.30. The third kappa shape index (κ3) is 5.09. The van der Waals surface area contributed by atoms with Crippen molar-refractivity contribution in [2.75, 3.05) is 10.6 Å². The number of hydrogen-bond acceptors (Lipinski definition) is 3. The number of carbonyl (C=O) groups excluding carboxylic acids is 1. The zero-order valence-corrected chi connectivity index (χ0v) is 14.9. The maximum Gasteiger partial charge on any atom is 0.416 e. The van der Waals surface area contributed by atoms with Crippen LogP contribution in [0.5, 0.6) is 0 Å². The molecule has 0 unspecified atom stereocenters. The number of urea groups is 1. The minimum Gasteiger partial charge on any atom is -0.308 e. The lowest BCUT2D eigenvalue weighted by Gasteiger charge is -2.09. The molecular weight excluding hydrogens is 373 g/mol. The standard InChI is InChI=1S/C19H17F3N4O2/c1-13(10-14-6-3-2-4-7-14)26-12-17(28-25-26)24-18(27)23-16-9-5-8-15(11-16)19(20,21)22/h2-9,11-13H,10H2,1H3,(H-,23,24,25,27)/p+1/t13-/m0/s1. The van der Waals surface area contributed by atoms with Crippen LogP contribution in [0.3, 0.4) is 0 Å². The first-order valence-electron chi connectivity index (χ1n) is 8.48. The Morgan fingerprint density at radius 2 is 1.89 bits per heavy atom. The van der Waals surface area contributed by atoms with E-state index >= 15 is 0 Å². The summed E-state index contributed by atoms with van der Waals surface area (Å²) in [7, 11) is 0. The average molecular weight is 391 g/mol. The highest BCUT2D eigenvalue weighted by atomic mass is 19.4. The number of benzene rings is 2. The molecule has 2 aromatic carbocycles. The Morgan fingerprint density at radius 1 is 1.14 bits per heavy atom. The van der Waals surface area contributed by atoms with Crippen molar-refractivity contribution in [1.82, 2.24) is 5.27 Å². The number of aromatic nitrogens is 2. The molecule has 3 rings (SSSR count). The Bertz CT molecular complexity index is 942. The van der Waals surface area contributed by atoms with Crippen molar-refractivity contribution in [2.45, 2.75) is 25.6 Å². The first-order chi connectivity index (χ1) is 13.3. The summed E-state index contributed by atoms with van der Waals surface area (Å²) < 4.78 is 44.8. The maximum atomic E-state index is 12.7. The lowest BCUT2D eigenvalue weighted by atomic mass is 10.1. The molecule has 0 aliphatic heterocycles. The van der Waals surface area contributed by atoms with Crippen LogP contribution >= 0.6 is 0 Å². The number of halogens is 3. The van der Waals surface area contributed by atoms with Crippen LogP contribution in [0.1, 0.15) is 24.1 Å². The van der Waals surface area contributed by atoms with Gasteiger partial charge in [0.2, 0.25) is 5.27 Å². The smallest absolute Gasteiger partial charge is 0.308 e. The van der Waals surface area contributed by atoms with Gasteiger partial charge >= 0.3 is 18.1 Å². The van der Waals surface area contributed by atoms with Crippen molar-refractivity contribution in [3.8, 4) is 0 Å². The normalized spacial score (nSPS) is 12.4. The number of nitrogens with zero attached hydrogens (tertiary/aromatic N) is 2. The highest BCUT2D eigenvalue weighted by Crippen LogP contribution is 2.30. The molecule has 1 aromatic heterocycles. The molecule has 0 spiro atoms. The van der Waals surface area contributed by atoms with Crippen molar-refractivity contribution in [3.63, 3.8) is 0 Å². The van der Waals surface area contributed by atoms with Crippen LogP contribution in [0.2, 0.25) is 0 Å². The Kier molecular flexibility index (Phi) is 5.62. The molecule has 0 aliphatic carbocycles. The Labute approximate surface area is 158 Å². The first-order valence-corrected chi connectivity index (χ1v) is 8.48. The fraction of sp³-hybridized carbons (Fsp3) is 0.211. The summed E-state index contributed by atoms with van der Waals surface area (Å²) in [4.78, 5) is 12.0. The Balaban J connectivity index is 1.59. The van der Waals surface area contributed by atoms with Crippen molar-refractivity contribution in [3.05, 3.63) is 71.9 Å². The molecule has 0 saturated heterocycles. The van der Waals surface area contributed by atoms with E-state index in [2.05, 4.69) is 15.9 Å². The molecular formula is C19H18F3N4O2+. The van der Waals surface area contributed by atoms with Crippen LogP contribution in [0.25, 0.3) is 0 Å². The van der Waals surface area contributed by atoms with E-state index < -0.39 is 17.8 Å². The van der Waals surface area contributed by atoms with E-state index in [0.717, 1.165) is 17.7 Å². The summed E-state index contributed by atoms with van der Waals surface area (Å²) >= 11 is 0. The van der Waals surface area contributed by atoms with Crippen LogP contribution in [0, 0.1) is 0 Å². The van der Waals surface area contributed by atoms with E-state index in [9.17, 15) is 18.0 Å². The maximum absolute atomic E-state index is 12.7. The molecule has 3 aromatic rings. The van der Waals surface area contributed by atoms with Crippen molar-refractivity contribution >= 4 is 17.6 Å². The lowest BCUT2D eigenvalue weighted by Crippen LogP contribution is -2.40. The van der Waals surface area contributed by atoms with E-state index in [1.54, 1.807) is 4.68 Å². The molecule has 2 N–H and O–H groups in total. The third-order valence-electron chi connectivity index (χ3n) is 3.99. The molecule has 1 heterocycles. The summed E-state index contributed by atoms with van der Waals surface area (Å²) in [5.74, 6) is 0.0735. The zero-order valence-electron chi connectivity index (χ0n) is 14.9. The van der Waals surface area contributed by atoms with E-state index in [-0.39, 0.29) is 17.6 Å². The van der Waals surface area contributed by atoms with Gasteiger partial charge in [-0.2, -0.15) is 13.2 Å². The second kappa shape index (κ2) is 8.12. The molecule has 146 valence electrons.